The molecule has 0 aromatic heterocycles. The number of ketones is 1. The molecule has 1 atom stereocenters. The van der Waals surface area contributed by atoms with Crippen molar-refractivity contribution in [2.24, 2.45) is 0 Å². The summed E-state index contributed by atoms with van der Waals surface area (Å²) >= 11 is 12.3. The highest BCUT2D eigenvalue weighted by atomic mass is 35.5. The Morgan fingerprint density at radius 1 is 0.931 bits per heavy atom. The Kier molecular flexibility index (Phi) is 6.83. The van der Waals surface area contributed by atoms with E-state index in [1.165, 1.54) is 11.1 Å². The van der Waals surface area contributed by atoms with Crippen molar-refractivity contribution < 1.29 is 9.53 Å². The number of carbonyl (C=O) groups is 1. The molecule has 1 N–H and O–H groups in total. The van der Waals surface area contributed by atoms with Crippen molar-refractivity contribution in [3.8, 4) is 5.75 Å². The molecule has 0 aliphatic heterocycles. The monoisotopic (exact) mass is 427 g/mol. The Morgan fingerprint density at radius 2 is 1.66 bits per heavy atom. The van der Waals surface area contributed by atoms with Crippen molar-refractivity contribution >= 4 is 34.7 Å². The first-order valence-corrected chi connectivity index (χ1v) is 10.1. The van der Waals surface area contributed by atoms with Crippen LogP contribution in [0, 0.1) is 13.8 Å². The van der Waals surface area contributed by atoms with E-state index < -0.39 is 0 Å². The van der Waals surface area contributed by atoms with Crippen LogP contribution in [0.3, 0.4) is 0 Å². The van der Waals surface area contributed by atoms with Gasteiger partial charge in [0.2, 0.25) is 0 Å². The van der Waals surface area contributed by atoms with Crippen LogP contribution in [0.5, 0.6) is 5.75 Å². The lowest BCUT2D eigenvalue weighted by Crippen LogP contribution is -2.16. The van der Waals surface area contributed by atoms with E-state index in [1.807, 2.05) is 18.2 Å². The summed E-state index contributed by atoms with van der Waals surface area (Å²) in [7, 11) is 1.60. The van der Waals surface area contributed by atoms with Crippen LogP contribution in [-0.2, 0) is 0 Å². The molecular weight excluding hydrogens is 405 g/mol. The molecule has 3 aromatic rings. The molecule has 0 saturated heterocycles. The molecule has 0 aliphatic rings. The molecule has 0 heterocycles. The Balaban J connectivity index is 1.89. The van der Waals surface area contributed by atoms with Crippen molar-refractivity contribution in [2.45, 2.75) is 26.3 Å². The van der Waals surface area contributed by atoms with Gasteiger partial charge < -0.3 is 10.1 Å². The van der Waals surface area contributed by atoms with E-state index in [-0.39, 0.29) is 18.2 Å². The first-order chi connectivity index (χ1) is 13.9. The van der Waals surface area contributed by atoms with Gasteiger partial charge in [-0.3, -0.25) is 4.79 Å². The van der Waals surface area contributed by atoms with Gasteiger partial charge in [-0.25, -0.2) is 0 Å². The minimum atomic E-state index is -0.249. The second kappa shape index (κ2) is 9.34. The lowest BCUT2D eigenvalue weighted by atomic mass is 9.97. The first-order valence-electron chi connectivity index (χ1n) is 9.33. The van der Waals surface area contributed by atoms with Crippen molar-refractivity contribution in [3.63, 3.8) is 0 Å². The van der Waals surface area contributed by atoms with Crippen molar-refractivity contribution in [1.29, 1.82) is 0 Å². The summed E-state index contributed by atoms with van der Waals surface area (Å²) in [5, 5.41) is 4.44. The molecule has 0 fully saturated rings. The van der Waals surface area contributed by atoms with Crippen LogP contribution in [0.2, 0.25) is 10.0 Å². The number of benzene rings is 3. The molecule has 0 bridgehead atoms. The van der Waals surface area contributed by atoms with Crippen LogP contribution >= 0.6 is 23.2 Å². The fraction of sp³-hybridized carbons (Fsp3) is 0.208. The molecule has 3 rings (SSSR count). The molecule has 0 amide bonds. The average molecular weight is 428 g/mol. The largest absolute Gasteiger partial charge is 0.497 e. The number of hydrogen-bond acceptors (Lipinski definition) is 3. The highest BCUT2D eigenvalue weighted by Crippen LogP contribution is 2.30. The topological polar surface area (TPSA) is 38.3 Å². The minimum Gasteiger partial charge on any atom is -0.497 e. The van der Waals surface area contributed by atoms with Gasteiger partial charge >= 0.3 is 0 Å². The summed E-state index contributed by atoms with van der Waals surface area (Å²) in [6.45, 7) is 4.14. The number of rotatable bonds is 7. The fourth-order valence-electron chi connectivity index (χ4n) is 3.09. The summed E-state index contributed by atoms with van der Waals surface area (Å²) < 4.78 is 5.17. The number of anilines is 1. The van der Waals surface area contributed by atoms with E-state index >= 15 is 0 Å². The first kappa shape index (κ1) is 21.2. The predicted molar refractivity (Wildman–Crippen MR) is 121 cm³/mol. The van der Waals surface area contributed by atoms with Gasteiger partial charge in [0.25, 0.3) is 0 Å². The van der Waals surface area contributed by atoms with Gasteiger partial charge in [0, 0.05) is 17.7 Å². The zero-order chi connectivity index (χ0) is 21.0. The number of carbonyl (C=O) groups excluding carboxylic acids is 1. The van der Waals surface area contributed by atoms with Crippen LogP contribution in [-0.4, -0.2) is 12.9 Å². The van der Waals surface area contributed by atoms with E-state index in [0.717, 1.165) is 17.0 Å². The van der Waals surface area contributed by atoms with Gasteiger partial charge in [-0.15, -0.1) is 0 Å². The molecule has 5 heteroatoms. The highest BCUT2D eigenvalue weighted by Gasteiger charge is 2.19. The molecule has 1 unspecified atom stereocenters. The lowest BCUT2D eigenvalue weighted by Gasteiger charge is -2.21. The van der Waals surface area contributed by atoms with E-state index in [1.54, 1.807) is 37.4 Å². The Labute approximate surface area is 181 Å². The van der Waals surface area contributed by atoms with Gasteiger partial charge in [-0.2, -0.15) is 0 Å². The van der Waals surface area contributed by atoms with Crippen LogP contribution in [0.15, 0.2) is 60.7 Å². The number of nitrogens with one attached hydrogen (secondary N) is 1. The Hall–Kier alpha value is -2.49. The number of ether oxygens (including phenoxy) is 1. The van der Waals surface area contributed by atoms with Crippen LogP contribution in [0.25, 0.3) is 0 Å². The second-order valence-corrected chi connectivity index (χ2v) is 7.84. The van der Waals surface area contributed by atoms with Gasteiger partial charge in [-0.05, 0) is 79.1 Å². The molecule has 0 saturated carbocycles. The predicted octanol–water partition coefficient (Wildman–Crippen LogP) is 7.05. The molecule has 3 nitrogen and oxygen atoms in total. The molecular formula is C24H23Cl2NO2. The smallest absolute Gasteiger partial charge is 0.165 e. The number of hydrogen-bond donors (Lipinski definition) is 1. The molecule has 0 aliphatic carbocycles. The molecule has 150 valence electrons. The van der Waals surface area contributed by atoms with Crippen LogP contribution in [0.4, 0.5) is 5.69 Å². The van der Waals surface area contributed by atoms with Crippen LogP contribution in [0.1, 0.15) is 39.5 Å². The second-order valence-electron chi connectivity index (χ2n) is 7.03. The summed E-state index contributed by atoms with van der Waals surface area (Å²) in [5.41, 5.74) is 4.89. The summed E-state index contributed by atoms with van der Waals surface area (Å²) in [6, 6.07) is 18.5. The maximum absolute atomic E-state index is 13.0. The van der Waals surface area contributed by atoms with Gasteiger partial charge in [0.1, 0.15) is 5.75 Å². The van der Waals surface area contributed by atoms with Crippen molar-refractivity contribution in [2.75, 3.05) is 12.4 Å². The summed E-state index contributed by atoms with van der Waals surface area (Å²) in [6.07, 6.45) is 0.275. The zero-order valence-corrected chi connectivity index (χ0v) is 18.1. The molecule has 0 radical (unpaired) electrons. The van der Waals surface area contributed by atoms with Gasteiger partial charge in [0.15, 0.2) is 5.78 Å². The summed E-state index contributed by atoms with van der Waals surface area (Å²) in [5.74, 6) is 0.746. The average Bonchev–Trinajstić information content (AvgIpc) is 2.72. The highest BCUT2D eigenvalue weighted by molar-refractivity contribution is 6.42. The molecule has 29 heavy (non-hydrogen) atoms. The standard InChI is InChI=1S/C24H23Cl2NO2/c1-15-4-8-19(12-16(15)2)27-23(18-7-11-21(25)22(26)13-18)14-24(28)17-5-9-20(29-3)10-6-17/h4-13,23,27H,14H2,1-3H3. The van der Waals surface area contributed by atoms with E-state index in [2.05, 4.69) is 31.3 Å². The van der Waals surface area contributed by atoms with Gasteiger partial charge in [0.05, 0.1) is 23.2 Å². The van der Waals surface area contributed by atoms with Crippen molar-refractivity contribution in [3.05, 3.63) is 93.0 Å². The third-order valence-corrected chi connectivity index (χ3v) is 5.73. The molecule has 0 spiro atoms. The van der Waals surface area contributed by atoms with Crippen molar-refractivity contribution in [1.82, 2.24) is 0 Å². The summed E-state index contributed by atoms with van der Waals surface area (Å²) in [4.78, 5) is 13.0. The van der Waals surface area contributed by atoms with E-state index in [4.69, 9.17) is 27.9 Å². The normalized spacial score (nSPS) is 11.8. The molecule has 3 aromatic carbocycles. The lowest BCUT2D eigenvalue weighted by molar-refractivity contribution is 0.0976. The maximum Gasteiger partial charge on any atom is 0.165 e. The number of halogens is 2. The third-order valence-electron chi connectivity index (χ3n) is 5.00. The maximum atomic E-state index is 13.0. The zero-order valence-electron chi connectivity index (χ0n) is 16.6. The SMILES string of the molecule is COc1ccc(C(=O)CC(Nc2ccc(C)c(C)c2)c2ccc(Cl)c(Cl)c2)cc1. The Morgan fingerprint density at radius 3 is 2.28 bits per heavy atom. The Bertz CT molecular complexity index is 1020. The number of aryl methyl sites for hydroxylation is 2. The van der Waals surface area contributed by atoms with E-state index in [0.29, 0.717) is 15.6 Å². The fourth-order valence-corrected chi connectivity index (χ4v) is 3.40. The number of Topliss-reactive ketones (excluding diaryl/α,β-unsaturated/α-hetero) is 1. The minimum absolute atomic E-state index is 0.0278. The van der Waals surface area contributed by atoms with E-state index in [9.17, 15) is 4.79 Å². The van der Waals surface area contributed by atoms with Crippen LogP contribution < -0.4 is 10.1 Å². The quantitative estimate of drug-likeness (QED) is 0.410. The number of methoxy groups -OCH3 is 1. The third kappa shape index (κ3) is 5.31. The van der Waals surface area contributed by atoms with Gasteiger partial charge in [-0.1, -0.05) is 35.3 Å².